The van der Waals surface area contributed by atoms with Crippen LogP contribution in [0.25, 0.3) is 0 Å². The van der Waals surface area contributed by atoms with Crippen LogP contribution in [0.2, 0.25) is 0 Å². The summed E-state index contributed by atoms with van der Waals surface area (Å²) in [6.07, 6.45) is 0. The number of nitrogens with two attached hydrogens (primary N) is 1. The van der Waals surface area contributed by atoms with E-state index >= 15 is 0 Å². The number of benzene rings is 1. The van der Waals surface area contributed by atoms with E-state index in [1.54, 1.807) is 29.7 Å². The van der Waals surface area contributed by atoms with E-state index in [9.17, 15) is 14.9 Å². The molecule has 0 aromatic heterocycles. The highest BCUT2D eigenvalue weighted by molar-refractivity contribution is 5.98. The molecule has 8 nitrogen and oxygen atoms in total. The Morgan fingerprint density at radius 2 is 2.00 bits per heavy atom. The normalized spacial score (nSPS) is 10.8. The highest BCUT2D eigenvalue weighted by Gasteiger charge is 2.04. The lowest BCUT2D eigenvalue weighted by Crippen LogP contribution is -2.37. The van der Waals surface area contributed by atoms with Crippen molar-refractivity contribution in [2.45, 2.75) is 6.92 Å². The third-order valence-electron chi connectivity index (χ3n) is 1.73. The minimum absolute atomic E-state index is 0.526. The number of aryl methyl sites for hydroxylation is 1. The van der Waals surface area contributed by atoms with Crippen LogP contribution in [-0.2, 0) is 0 Å². The van der Waals surface area contributed by atoms with Crippen LogP contribution in [0, 0.1) is 17.0 Å². The fourth-order valence-electron chi connectivity index (χ4n) is 1.02. The first-order valence-corrected chi connectivity index (χ1v) is 4.60. The third-order valence-corrected chi connectivity index (χ3v) is 1.73. The number of aliphatic imine (C=N–C) groups is 1. The molecule has 0 saturated heterocycles. The van der Waals surface area contributed by atoms with Crippen molar-refractivity contribution in [2.24, 2.45) is 10.7 Å². The Morgan fingerprint density at radius 3 is 2.53 bits per heavy atom. The number of nitrogens with zero attached hydrogens (tertiary/aromatic N) is 2. The van der Waals surface area contributed by atoms with Gasteiger partial charge in [0, 0.05) is 5.69 Å². The number of hydrogen-bond donors (Lipinski definition) is 3. The monoisotopic (exact) mass is 237 g/mol. The summed E-state index contributed by atoms with van der Waals surface area (Å²) in [6.45, 7) is 1.91. The van der Waals surface area contributed by atoms with Gasteiger partial charge in [0.25, 0.3) is 5.96 Å². The van der Waals surface area contributed by atoms with Gasteiger partial charge < -0.3 is 11.1 Å². The number of hydrazine groups is 1. The Kier molecular flexibility index (Phi) is 3.98. The van der Waals surface area contributed by atoms with Crippen molar-refractivity contribution in [3.05, 3.63) is 39.9 Å². The molecule has 0 radical (unpaired) electrons. The van der Waals surface area contributed by atoms with Crippen LogP contribution in [-0.4, -0.2) is 17.0 Å². The van der Waals surface area contributed by atoms with Gasteiger partial charge in [-0.2, -0.15) is 4.99 Å². The number of anilines is 1. The highest BCUT2D eigenvalue weighted by atomic mass is 16.7. The minimum Gasteiger partial charge on any atom is -0.365 e. The number of amides is 2. The Bertz CT molecular complexity index is 454. The highest BCUT2D eigenvalue weighted by Crippen LogP contribution is 2.08. The summed E-state index contributed by atoms with van der Waals surface area (Å²) >= 11 is 0. The molecule has 0 saturated carbocycles. The zero-order valence-corrected chi connectivity index (χ0v) is 9.01. The van der Waals surface area contributed by atoms with Crippen molar-refractivity contribution >= 4 is 17.7 Å². The molecule has 0 aliphatic heterocycles. The Hall–Kier alpha value is -2.64. The van der Waals surface area contributed by atoms with Crippen molar-refractivity contribution < 1.29 is 9.83 Å². The standard InChI is InChI=1S/C9H11N5O3/c1-6-2-4-7(5-3-6)11-9(15)12-8(10)13-14(16)17/h2-5H,1H3,(H4,10,11,12,13,15). The summed E-state index contributed by atoms with van der Waals surface area (Å²) < 4.78 is 0. The number of rotatable bonds is 2. The van der Waals surface area contributed by atoms with E-state index in [1.165, 1.54) is 0 Å². The number of nitro groups is 1. The lowest BCUT2D eigenvalue weighted by Gasteiger charge is -2.02. The van der Waals surface area contributed by atoms with E-state index in [1.807, 2.05) is 6.92 Å². The molecule has 90 valence electrons. The van der Waals surface area contributed by atoms with Gasteiger partial charge in [-0.15, -0.1) is 0 Å². The molecule has 0 unspecified atom stereocenters. The zero-order valence-electron chi connectivity index (χ0n) is 9.01. The Labute approximate surface area is 96.6 Å². The predicted molar refractivity (Wildman–Crippen MR) is 62.0 cm³/mol. The number of hydrogen-bond acceptors (Lipinski definition) is 3. The number of nitrogens with one attached hydrogen (secondary N) is 2. The lowest BCUT2D eigenvalue weighted by molar-refractivity contribution is -0.525. The Balaban J connectivity index is 2.60. The van der Waals surface area contributed by atoms with E-state index in [4.69, 9.17) is 5.73 Å². The molecular weight excluding hydrogens is 226 g/mol. The van der Waals surface area contributed by atoms with E-state index in [0.717, 1.165) is 5.56 Å². The SMILES string of the molecule is Cc1ccc(NC(=O)/N=C(\N)N[N+](=O)[O-])cc1. The molecule has 2 amide bonds. The largest absolute Gasteiger partial charge is 0.365 e. The summed E-state index contributed by atoms with van der Waals surface area (Å²) in [5, 5.41) is 11.5. The smallest absolute Gasteiger partial charge is 0.348 e. The average molecular weight is 237 g/mol. The van der Waals surface area contributed by atoms with Gasteiger partial charge in [0.2, 0.25) is 0 Å². The summed E-state index contributed by atoms with van der Waals surface area (Å²) in [4.78, 5) is 24.5. The summed E-state index contributed by atoms with van der Waals surface area (Å²) in [5.74, 6) is -0.584. The fourth-order valence-corrected chi connectivity index (χ4v) is 1.02. The van der Waals surface area contributed by atoms with Gasteiger partial charge >= 0.3 is 6.03 Å². The summed E-state index contributed by atoms with van der Waals surface area (Å²) in [5.41, 5.74) is 8.22. The maximum atomic E-state index is 11.2. The molecule has 0 spiro atoms. The Morgan fingerprint density at radius 1 is 1.41 bits per heavy atom. The molecule has 0 bridgehead atoms. The van der Waals surface area contributed by atoms with Crippen molar-refractivity contribution in [1.29, 1.82) is 0 Å². The van der Waals surface area contributed by atoms with Gasteiger partial charge in [-0.1, -0.05) is 23.1 Å². The quantitative estimate of drug-likeness (QED) is 0.301. The molecule has 1 aromatic rings. The van der Waals surface area contributed by atoms with E-state index in [-0.39, 0.29) is 0 Å². The van der Waals surface area contributed by atoms with Crippen molar-refractivity contribution in [3.8, 4) is 0 Å². The number of guanidine groups is 1. The van der Waals surface area contributed by atoms with Gasteiger partial charge in [-0.25, -0.2) is 14.9 Å². The van der Waals surface area contributed by atoms with Gasteiger partial charge in [-0.05, 0) is 19.1 Å². The fraction of sp³-hybridized carbons (Fsp3) is 0.111. The average Bonchev–Trinajstić information content (AvgIpc) is 2.19. The molecular formula is C9H11N5O3. The molecule has 0 aliphatic carbocycles. The van der Waals surface area contributed by atoms with Gasteiger partial charge in [0.15, 0.2) is 5.03 Å². The van der Waals surface area contributed by atoms with Crippen molar-refractivity contribution in [1.82, 2.24) is 5.43 Å². The first kappa shape index (κ1) is 12.4. The van der Waals surface area contributed by atoms with Crippen molar-refractivity contribution in [2.75, 3.05) is 5.32 Å². The maximum Gasteiger partial charge on any atom is 0.348 e. The summed E-state index contributed by atoms with van der Waals surface area (Å²) in [6, 6.07) is 6.18. The molecule has 0 atom stereocenters. The molecule has 0 fully saturated rings. The number of urea groups is 1. The number of carbonyl (C=O) groups excluding carboxylic acids is 1. The minimum atomic E-state index is -0.905. The van der Waals surface area contributed by atoms with Crippen LogP contribution in [0.5, 0.6) is 0 Å². The van der Waals surface area contributed by atoms with E-state index in [0.29, 0.717) is 5.69 Å². The second-order valence-corrected chi connectivity index (χ2v) is 3.16. The van der Waals surface area contributed by atoms with Crippen LogP contribution in [0.15, 0.2) is 29.3 Å². The van der Waals surface area contributed by atoms with Crippen LogP contribution in [0.4, 0.5) is 10.5 Å². The first-order valence-electron chi connectivity index (χ1n) is 4.60. The topological polar surface area (TPSA) is 123 Å². The van der Waals surface area contributed by atoms with E-state index < -0.39 is 17.0 Å². The van der Waals surface area contributed by atoms with Gasteiger partial charge in [0.1, 0.15) is 0 Å². The lowest BCUT2D eigenvalue weighted by atomic mass is 10.2. The second-order valence-electron chi connectivity index (χ2n) is 3.16. The number of carbonyl (C=O) groups is 1. The molecule has 0 heterocycles. The third kappa shape index (κ3) is 4.60. The van der Waals surface area contributed by atoms with Crippen LogP contribution < -0.4 is 16.5 Å². The summed E-state index contributed by atoms with van der Waals surface area (Å²) in [7, 11) is 0. The maximum absolute atomic E-state index is 11.2. The molecule has 4 N–H and O–H groups in total. The zero-order chi connectivity index (χ0) is 12.8. The molecule has 0 aliphatic rings. The molecule has 1 aromatic carbocycles. The van der Waals surface area contributed by atoms with E-state index in [2.05, 4.69) is 10.3 Å². The van der Waals surface area contributed by atoms with Crippen LogP contribution >= 0.6 is 0 Å². The molecule has 8 heteroatoms. The van der Waals surface area contributed by atoms with Gasteiger partial charge in [-0.3, -0.25) is 0 Å². The second kappa shape index (κ2) is 5.45. The van der Waals surface area contributed by atoms with Crippen LogP contribution in [0.3, 0.4) is 0 Å². The molecule has 17 heavy (non-hydrogen) atoms. The molecule has 1 rings (SSSR count). The first-order chi connectivity index (χ1) is 7.97. The van der Waals surface area contributed by atoms with Crippen molar-refractivity contribution in [3.63, 3.8) is 0 Å². The van der Waals surface area contributed by atoms with Crippen LogP contribution in [0.1, 0.15) is 5.56 Å². The predicted octanol–water partition coefficient (Wildman–Crippen LogP) is 0.623. The van der Waals surface area contributed by atoms with Gasteiger partial charge in [0.05, 0.1) is 0 Å².